The predicted molar refractivity (Wildman–Crippen MR) is 115 cm³/mol. The van der Waals surface area contributed by atoms with Gasteiger partial charge in [-0.2, -0.15) is 0 Å². The minimum atomic E-state index is 0.230. The Bertz CT molecular complexity index is 899. The molecule has 1 aromatic heterocycles. The molecule has 1 amide bonds. The Balaban J connectivity index is 1.31. The number of carbonyl (C=O) groups is 1. The average molecular weight is 409 g/mol. The highest BCUT2D eigenvalue weighted by Gasteiger charge is 2.35. The molecule has 3 aliphatic carbocycles. The second-order valence-electron chi connectivity index (χ2n) is 8.41. The molecule has 3 aliphatic rings. The van der Waals surface area contributed by atoms with Gasteiger partial charge in [-0.05, 0) is 56.9 Å². The molecule has 1 heterocycles. The summed E-state index contributed by atoms with van der Waals surface area (Å²) >= 11 is 1.55. The van der Waals surface area contributed by atoms with Crippen LogP contribution in [0.1, 0.15) is 68.7 Å². The van der Waals surface area contributed by atoms with E-state index < -0.39 is 0 Å². The first-order valence-corrected chi connectivity index (χ1v) is 11.9. The number of thioether (sulfide) groups is 1. The van der Waals surface area contributed by atoms with Crippen molar-refractivity contribution in [1.82, 2.24) is 19.7 Å². The summed E-state index contributed by atoms with van der Waals surface area (Å²) in [5.74, 6) is 2.28. The molecule has 2 fully saturated rings. The maximum Gasteiger partial charge on any atom is 0.237 e. The molecule has 2 aromatic rings. The van der Waals surface area contributed by atoms with Gasteiger partial charge in [0.05, 0.1) is 12.3 Å². The Labute approximate surface area is 176 Å². The van der Waals surface area contributed by atoms with E-state index in [1.807, 2.05) is 6.07 Å². The molecule has 0 saturated heterocycles. The highest BCUT2D eigenvalue weighted by Crippen LogP contribution is 2.40. The molecule has 5 nitrogen and oxygen atoms in total. The van der Waals surface area contributed by atoms with Crippen LogP contribution in [-0.4, -0.2) is 37.4 Å². The summed E-state index contributed by atoms with van der Waals surface area (Å²) in [7, 11) is 0. The molecule has 152 valence electrons. The number of allylic oxidation sites excluding steroid dienone is 2. The highest BCUT2D eigenvalue weighted by molar-refractivity contribution is 7.99. The van der Waals surface area contributed by atoms with Gasteiger partial charge in [-0.3, -0.25) is 4.79 Å². The molecule has 0 radical (unpaired) electrons. The van der Waals surface area contributed by atoms with E-state index in [1.54, 1.807) is 11.8 Å². The van der Waals surface area contributed by atoms with Crippen molar-refractivity contribution >= 4 is 17.7 Å². The number of amides is 1. The third-order valence-corrected chi connectivity index (χ3v) is 6.90. The number of nitrogens with zero attached hydrogens (tertiary/aromatic N) is 4. The highest BCUT2D eigenvalue weighted by atomic mass is 32.2. The van der Waals surface area contributed by atoms with Crippen molar-refractivity contribution in [3.63, 3.8) is 0 Å². The van der Waals surface area contributed by atoms with E-state index in [-0.39, 0.29) is 5.91 Å². The fourth-order valence-electron chi connectivity index (χ4n) is 4.13. The molecule has 0 atom stereocenters. The number of hydrogen-bond donors (Lipinski definition) is 0. The Morgan fingerprint density at radius 3 is 2.62 bits per heavy atom. The SMILES string of the molecule is O=C(CSc1nnc(C2CC2)n1Cc1ccccc1)N(C1=CCCCC1)C1CC1. The third-order valence-electron chi connectivity index (χ3n) is 5.95. The fourth-order valence-corrected chi connectivity index (χ4v) is 4.94. The Morgan fingerprint density at radius 2 is 1.93 bits per heavy atom. The van der Waals surface area contributed by atoms with Gasteiger partial charge < -0.3 is 9.47 Å². The van der Waals surface area contributed by atoms with Crippen molar-refractivity contribution in [3.8, 4) is 0 Å². The van der Waals surface area contributed by atoms with Crippen molar-refractivity contribution in [1.29, 1.82) is 0 Å². The van der Waals surface area contributed by atoms with E-state index in [9.17, 15) is 4.79 Å². The van der Waals surface area contributed by atoms with E-state index in [1.165, 1.54) is 36.9 Å². The molecule has 6 heteroatoms. The van der Waals surface area contributed by atoms with E-state index >= 15 is 0 Å². The van der Waals surface area contributed by atoms with Crippen LogP contribution in [0.2, 0.25) is 0 Å². The number of benzene rings is 1. The molecule has 0 aliphatic heterocycles. The lowest BCUT2D eigenvalue weighted by Gasteiger charge is -2.27. The summed E-state index contributed by atoms with van der Waals surface area (Å²) < 4.78 is 2.23. The van der Waals surface area contributed by atoms with E-state index in [0.29, 0.717) is 17.7 Å². The van der Waals surface area contributed by atoms with Crippen molar-refractivity contribution in [3.05, 3.63) is 53.5 Å². The average Bonchev–Trinajstić information content (AvgIpc) is 3.68. The van der Waals surface area contributed by atoms with Gasteiger partial charge in [-0.1, -0.05) is 48.2 Å². The Hall–Kier alpha value is -2.08. The van der Waals surface area contributed by atoms with Crippen LogP contribution in [0.25, 0.3) is 0 Å². The molecule has 1 aromatic carbocycles. The molecule has 2 saturated carbocycles. The summed E-state index contributed by atoms with van der Waals surface area (Å²) in [6.45, 7) is 0.772. The molecular weight excluding hydrogens is 380 g/mol. The van der Waals surface area contributed by atoms with Gasteiger partial charge in [0, 0.05) is 17.7 Å². The zero-order chi connectivity index (χ0) is 19.6. The molecule has 0 spiro atoms. The van der Waals surface area contributed by atoms with E-state index in [2.05, 4.69) is 50.0 Å². The van der Waals surface area contributed by atoms with Gasteiger partial charge in [-0.25, -0.2) is 0 Å². The Morgan fingerprint density at radius 1 is 1.10 bits per heavy atom. The number of rotatable bonds is 8. The lowest BCUT2D eigenvalue weighted by molar-refractivity contribution is -0.127. The van der Waals surface area contributed by atoms with Crippen LogP contribution >= 0.6 is 11.8 Å². The summed E-state index contributed by atoms with van der Waals surface area (Å²) in [5, 5.41) is 9.83. The van der Waals surface area contributed by atoms with Gasteiger partial charge in [-0.15, -0.1) is 10.2 Å². The summed E-state index contributed by atoms with van der Waals surface area (Å²) in [6.07, 6.45) is 11.6. The topological polar surface area (TPSA) is 51.0 Å². The van der Waals surface area contributed by atoms with Crippen molar-refractivity contribution in [2.45, 2.75) is 75.0 Å². The normalized spacial score (nSPS) is 19.1. The fraction of sp³-hybridized carbons (Fsp3) is 0.522. The van der Waals surface area contributed by atoms with Crippen LogP contribution in [-0.2, 0) is 11.3 Å². The monoisotopic (exact) mass is 408 g/mol. The minimum Gasteiger partial charge on any atom is -0.313 e. The summed E-state index contributed by atoms with van der Waals surface area (Å²) in [4.78, 5) is 15.2. The van der Waals surface area contributed by atoms with Gasteiger partial charge in [0.1, 0.15) is 5.82 Å². The first-order chi connectivity index (χ1) is 14.3. The summed E-state index contributed by atoms with van der Waals surface area (Å²) in [6, 6.07) is 10.9. The van der Waals surface area contributed by atoms with Crippen molar-refractivity contribution in [2.75, 3.05) is 5.75 Å². The maximum absolute atomic E-state index is 13.1. The second-order valence-corrected chi connectivity index (χ2v) is 9.35. The predicted octanol–water partition coefficient (Wildman–Crippen LogP) is 4.74. The number of aromatic nitrogens is 3. The van der Waals surface area contributed by atoms with Crippen molar-refractivity contribution < 1.29 is 4.79 Å². The lowest BCUT2D eigenvalue weighted by Crippen LogP contribution is -2.34. The van der Waals surface area contributed by atoms with Gasteiger partial charge >= 0.3 is 0 Å². The number of hydrogen-bond acceptors (Lipinski definition) is 4. The van der Waals surface area contributed by atoms with E-state index in [4.69, 9.17) is 0 Å². The standard InChI is InChI=1S/C23H28N4OS/c28-21(27(20-13-14-20)19-9-5-2-6-10-19)16-29-23-25-24-22(18-11-12-18)26(23)15-17-7-3-1-4-8-17/h1,3-4,7-9,18,20H,2,5-6,10-16H2. The van der Waals surface area contributed by atoms with Crippen LogP contribution in [0.5, 0.6) is 0 Å². The van der Waals surface area contributed by atoms with Crippen LogP contribution in [0.15, 0.2) is 47.3 Å². The third kappa shape index (κ3) is 4.42. The first kappa shape index (κ1) is 18.9. The molecule has 5 rings (SSSR count). The van der Waals surface area contributed by atoms with Gasteiger partial charge in [0.15, 0.2) is 5.16 Å². The summed E-state index contributed by atoms with van der Waals surface area (Å²) in [5.41, 5.74) is 2.50. The minimum absolute atomic E-state index is 0.230. The van der Waals surface area contributed by atoms with Crippen LogP contribution in [0, 0.1) is 0 Å². The number of carbonyl (C=O) groups excluding carboxylic acids is 1. The van der Waals surface area contributed by atoms with Crippen LogP contribution in [0.3, 0.4) is 0 Å². The van der Waals surface area contributed by atoms with Crippen LogP contribution in [0.4, 0.5) is 0 Å². The van der Waals surface area contributed by atoms with Crippen molar-refractivity contribution in [2.24, 2.45) is 0 Å². The van der Waals surface area contributed by atoms with E-state index in [0.717, 1.165) is 43.2 Å². The lowest BCUT2D eigenvalue weighted by atomic mass is 10.0. The zero-order valence-electron chi connectivity index (χ0n) is 16.8. The molecule has 0 bridgehead atoms. The quantitative estimate of drug-likeness (QED) is 0.592. The second kappa shape index (κ2) is 8.34. The van der Waals surface area contributed by atoms with Gasteiger partial charge in [0.2, 0.25) is 5.91 Å². The smallest absolute Gasteiger partial charge is 0.237 e. The maximum atomic E-state index is 13.1. The van der Waals surface area contributed by atoms with Crippen LogP contribution < -0.4 is 0 Å². The molecular formula is C23H28N4OS. The largest absolute Gasteiger partial charge is 0.313 e. The first-order valence-electron chi connectivity index (χ1n) is 10.9. The molecule has 0 unspecified atom stereocenters. The molecule has 29 heavy (non-hydrogen) atoms. The molecule has 0 N–H and O–H groups in total. The van der Waals surface area contributed by atoms with Gasteiger partial charge in [0.25, 0.3) is 0 Å². The Kier molecular flexibility index (Phi) is 5.44. The zero-order valence-corrected chi connectivity index (χ0v) is 17.6.